The molecule has 2 N–H and O–H groups in total. The minimum absolute atomic E-state index is 0.0206. The molecular weight excluding hydrogens is 206 g/mol. The zero-order chi connectivity index (χ0) is 12.0. The van der Waals surface area contributed by atoms with E-state index in [0.29, 0.717) is 12.1 Å². The van der Waals surface area contributed by atoms with Gasteiger partial charge in [-0.3, -0.25) is 9.59 Å². The highest BCUT2D eigenvalue weighted by Crippen LogP contribution is 2.05. The van der Waals surface area contributed by atoms with Gasteiger partial charge >= 0.3 is 5.97 Å². The van der Waals surface area contributed by atoms with Crippen molar-refractivity contribution in [3.63, 3.8) is 0 Å². The monoisotopic (exact) mass is 221 g/mol. The molecular formula is C12H15NO3. The molecule has 0 amide bonds. The third kappa shape index (κ3) is 3.47. The fourth-order valence-corrected chi connectivity index (χ4v) is 1.42. The van der Waals surface area contributed by atoms with Gasteiger partial charge in [0.05, 0.1) is 0 Å². The molecule has 0 fully saturated rings. The molecule has 1 aromatic carbocycles. The molecule has 4 heteroatoms. The van der Waals surface area contributed by atoms with Gasteiger partial charge in [0.25, 0.3) is 0 Å². The normalized spacial score (nSPS) is 12.1. The van der Waals surface area contributed by atoms with Crippen LogP contribution in [0.25, 0.3) is 0 Å². The van der Waals surface area contributed by atoms with Crippen molar-refractivity contribution in [2.24, 2.45) is 0 Å². The molecule has 0 aliphatic heterocycles. The van der Waals surface area contributed by atoms with E-state index in [9.17, 15) is 9.59 Å². The summed E-state index contributed by atoms with van der Waals surface area (Å²) in [6, 6.07) is 7.90. The maximum atomic E-state index is 11.7. The van der Waals surface area contributed by atoms with E-state index in [1.807, 2.05) is 13.0 Å². The van der Waals surface area contributed by atoms with Gasteiger partial charge in [-0.15, -0.1) is 0 Å². The van der Waals surface area contributed by atoms with E-state index >= 15 is 0 Å². The van der Waals surface area contributed by atoms with Crippen molar-refractivity contribution in [3.05, 3.63) is 35.9 Å². The quantitative estimate of drug-likeness (QED) is 0.711. The lowest BCUT2D eigenvalue weighted by Crippen LogP contribution is -2.38. The lowest BCUT2D eigenvalue weighted by atomic mass is 10.0. The summed E-state index contributed by atoms with van der Waals surface area (Å²) in [4.78, 5) is 22.6. The maximum absolute atomic E-state index is 11.7. The van der Waals surface area contributed by atoms with Crippen LogP contribution in [0, 0.1) is 0 Å². The number of nitrogens with one attached hydrogen (secondary N) is 1. The Morgan fingerprint density at radius 1 is 1.31 bits per heavy atom. The Balaban J connectivity index is 2.65. The van der Waals surface area contributed by atoms with Crippen molar-refractivity contribution >= 4 is 11.8 Å². The van der Waals surface area contributed by atoms with E-state index in [2.05, 4.69) is 5.32 Å². The van der Waals surface area contributed by atoms with Crippen molar-refractivity contribution in [1.29, 1.82) is 0 Å². The molecule has 0 aromatic heterocycles. The van der Waals surface area contributed by atoms with E-state index < -0.39 is 12.0 Å². The van der Waals surface area contributed by atoms with Crippen LogP contribution >= 0.6 is 0 Å². The van der Waals surface area contributed by atoms with Crippen LogP contribution in [-0.4, -0.2) is 29.4 Å². The molecule has 1 atom stereocenters. The zero-order valence-corrected chi connectivity index (χ0v) is 9.14. The van der Waals surface area contributed by atoms with Crippen LogP contribution in [0.2, 0.25) is 0 Å². The van der Waals surface area contributed by atoms with Gasteiger partial charge in [0, 0.05) is 12.0 Å². The minimum Gasteiger partial charge on any atom is -0.480 e. The summed E-state index contributed by atoms with van der Waals surface area (Å²) in [5.74, 6) is -1.15. The molecule has 1 rings (SSSR count). The number of hydrogen-bond donors (Lipinski definition) is 2. The first-order chi connectivity index (χ1) is 7.65. The highest BCUT2D eigenvalue weighted by Gasteiger charge is 2.20. The van der Waals surface area contributed by atoms with Gasteiger partial charge in [-0.2, -0.15) is 0 Å². The van der Waals surface area contributed by atoms with Gasteiger partial charge in [0.15, 0.2) is 5.78 Å². The van der Waals surface area contributed by atoms with Gasteiger partial charge < -0.3 is 10.4 Å². The van der Waals surface area contributed by atoms with Crippen molar-refractivity contribution < 1.29 is 14.7 Å². The standard InChI is InChI=1S/C12H15NO3/c1-2-13-10(12(15)16)8-11(14)9-6-4-3-5-7-9/h3-7,10,13H,2,8H2,1H3,(H,15,16). The topological polar surface area (TPSA) is 66.4 Å². The molecule has 86 valence electrons. The molecule has 0 saturated heterocycles. The Bertz CT molecular complexity index is 362. The number of Topliss-reactive ketones (excluding diaryl/α,β-unsaturated/α-hetero) is 1. The Hall–Kier alpha value is -1.68. The van der Waals surface area contributed by atoms with Crippen LogP contribution in [0.4, 0.5) is 0 Å². The van der Waals surface area contributed by atoms with Crippen LogP contribution in [0.15, 0.2) is 30.3 Å². The highest BCUT2D eigenvalue weighted by atomic mass is 16.4. The summed E-state index contributed by atoms with van der Waals surface area (Å²) < 4.78 is 0. The van der Waals surface area contributed by atoms with Crippen LogP contribution in [0.5, 0.6) is 0 Å². The predicted octanol–water partition coefficient (Wildman–Crippen LogP) is 1.32. The molecule has 0 bridgehead atoms. The van der Waals surface area contributed by atoms with E-state index in [0.717, 1.165) is 0 Å². The van der Waals surface area contributed by atoms with Crippen molar-refractivity contribution in [2.75, 3.05) is 6.54 Å². The SMILES string of the molecule is CCNC(CC(=O)c1ccccc1)C(=O)O. The average Bonchev–Trinajstić information content (AvgIpc) is 2.29. The molecule has 0 radical (unpaired) electrons. The average molecular weight is 221 g/mol. The number of carboxylic acid groups (broad SMARTS) is 1. The first kappa shape index (κ1) is 12.4. The minimum atomic E-state index is -0.994. The zero-order valence-electron chi connectivity index (χ0n) is 9.14. The largest absolute Gasteiger partial charge is 0.480 e. The third-order valence-corrected chi connectivity index (χ3v) is 2.23. The van der Waals surface area contributed by atoms with E-state index in [1.54, 1.807) is 24.3 Å². The number of carboxylic acids is 1. The van der Waals surface area contributed by atoms with Crippen molar-refractivity contribution in [2.45, 2.75) is 19.4 Å². The Morgan fingerprint density at radius 3 is 2.44 bits per heavy atom. The van der Waals surface area contributed by atoms with E-state index in [1.165, 1.54) is 0 Å². The number of likely N-dealkylation sites (N-methyl/N-ethyl adjacent to an activating group) is 1. The highest BCUT2D eigenvalue weighted by molar-refractivity contribution is 5.98. The Labute approximate surface area is 94.3 Å². The molecule has 1 unspecified atom stereocenters. The summed E-state index contributed by atoms with van der Waals surface area (Å²) >= 11 is 0. The number of ketones is 1. The fraction of sp³-hybridized carbons (Fsp3) is 0.333. The molecule has 0 saturated carbocycles. The van der Waals surface area contributed by atoms with Gasteiger partial charge in [-0.05, 0) is 6.54 Å². The number of carbonyl (C=O) groups excluding carboxylic acids is 1. The van der Waals surface area contributed by atoms with Gasteiger partial charge in [0.1, 0.15) is 6.04 Å². The first-order valence-corrected chi connectivity index (χ1v) is 5.19. The molecule has 0 aliphatic rings. The summed E-state index contributed by atoms with van der Waals surface area (Å²) in [7, 11) is 0. The second kappa shape index (κ2) is 6.02. The van der Waals surface area contributed by atoms with E-state index in [-0.39, 0.29) is 12.2 Å². The first-order valence-electron chi connectivity index (χ1n) is 5.19. The lowest BCUT2D eigenvalue weighted by molar-refractivity contribution is -0.139. The molecule has 4 nitrogen and oxygen atoms in total. The summed E-state index contributed by atoms with van der Waals surface area (Å²) in [6.07, 6.45) is -0.0206. The Kier molecular flexibility index (Phi) is 4.66. The molecule has 0 aliphatic carbocycles. The summed E-state index contributed by atoms with van der Waals surface area (Å²) in [5, 5.41) is 11.6. The number of hydrogen-bond acceptors (Lipinski definition) is 3. The number of rotatable bonds is 6. The molecule has 0 heterocycles. The van der Waals surface area contributed by atoms with Gasteiger partial charge in [-0.1, -0.05) is 37.3 Å². The number of aliphatic carboxylic acids is 1. The third-order valence-electron chi connectivity index (χ3n) is 2.23. The summed E-state index contributed by atoms with van der Waals surface area (Å²) in [6.45, 7) is 2.34. The van der Waals surface area contributed by atoms with Crippen LogP contribution < -0.4 is 5.32 Å². The smallest absolute Gasteiger partial charge is 0.321 e. The van der Waals surface area contributed by atoms with Crippen molar-refractivity contribution in [3.8, 4) is 0 Å². The van der Waals surface area contributed by atoms with E-state index in [4.69, 9.17) is 5.11 Å². The van der Waals surface area contributed by atoms with Crippen LogP contribution in [0.3, 0.4) is 0 Å². The number of carbonyl (C=O) groups is 2. The van der Waals surface area contributed by atoms with Gasteiger partial charge in [-0.25, -0.2) is 0 Å². The molecule has 1 aromatic rings. The second-order valence-electron chi connectivity index (χ2n) is 3.44. The fourth-order valence-electron chi connectivity index (χ4n) is 1.42. The maximum Gasteiger partial charge on any atom is 0.321 e. The van der Waals surface area contributed by atoms with Crippen molar-refractivity contribution in [1.82, 2.24) is 5.32 Å². The molecule has 0 spiro atoms. The molecule has 16 heavy (non-hydrogen) atoms. The Morgan fingerprint density at radius 2 is 1.94 bits per heavy atom. The lowest BCUT2D eigenvalue weighted by Gasteiger charge is -2.11. The van der Waals surface area contributed by atoms with Gasteiger partial charge in [0.2, 0.25) is 0 Å². The number of benzene rings is 1. The summed E-state index contributed by atoms with van der Waals surface area (Å²) in [5.41, 5.74) is 0.548. The van der Waals surface area contributed by atoms with Crippen LogP contribution in [0.1, 0.15) is 23.7 Å². The predicted molar refractivity (Wildman–Crippen MR) is 60.5 cm³/mol. The second-order valence-corrected chi connectivity index (χ2v) is 3.44. The van der Waals surface area contributed by atoms with Crippen LogP contribution in [-0.2, 0) is 4.79 Å².